The molecule has 1 saturated heterocycles. The van der Waals surface area contributed by atoms with Crippen LogP contribution in [-0.4, -0.2) is 64.6 Å². The molecule has 0 saturated carbocycles. The highest BCUT2D eigenvalue weighted by Crippen LogP contribution is 2.10. The van der Waals surface area contributed by atoms with Gasteiger partial charge >= 0.3 is 0 Å². The predicted molar refractivity (Wildman–Crippen MR) is 103 cm³/mol. The van der Waals surface area contributed by atoms with Crippen LogP contribution in [0.2, 0.25) is 0 Å². The molecule has 7 heteroatoms. The summed E-state index contributed by atoms with van der Waals surface area (Å²) in [4.78, 5) is 28.6. The van der Waals surface area contributed by atoms with Crippen molar-refractivity contribution in [2.24, 2.45) is 0 Å². The van der Waals surface area contributed by atoms with Gasteiger partial charge in [0.15, 0.2) is 0 Å². The normalized spacial score (nSPS) is 14.9. The summed E-state index contributed by atoms with van der Waals surface area (Å²) in [6.45, 7) is 4.58. The van der Waals surface area contributed by atoms with Gasteiger partial charge in [-0.15, -0.1) is 0 Å². The van der Waals surface area contributed by atoms with Crippen LogP contribution in [0.15, 0.2) is 42.7 Å². The molecule has 0 bridgehead atoms. The molecule has 0 aliphatic carbocycles. The van der Waals surface area contributed by atoms with E-state index >= 15 is 0 Å². The highest BCUT2D eigenvalue weighted by atomic mass is 16.2. The second-order valence-electron chi connectivity index (χ2n) is 6.94. The lowest BCUT2D eigenvalue weighted by atomic mass is 10.1. The topological polar surface area (TPSA) is 70.5 Å². The molecular formula is C20H27N5O2. The van der Waals surface area contributed by atoms with E-state index < -0.39 is 0 Å². The molecular weight excluding hydrogens is 342 g/mol. The molecule has 0 atom stereocenters. The number of rotatable bonds is 7. The number of likely N-dealkylation sites (N-methyl/N-ethyl adjacent to an activating group) is 1. The van der Waals surface area contributed by atoms with Crippen molar-refractivity contribution in [2.75, 3.05) is 33.2 Å². The lowest BCUT2D eigenvalue weighted by molar-refractivity contribution is -0.121. The average Bonchev–Trinajstić information content (AvgIpc) is 3.20. The standard InChI is InChI=1S/C20H27N5O2/c1-23-12-14-24(15-13-23)20(27)18-7-5-17(6-8-18)16-21-19(26)4-2-10-25-11-3-9-22-25/h3,5-9,11H,2,4,10,12-16H2,1H3,(H,21,26). The van der Waals surface area contributed by atoms with E-state index in [-0.39, 0.29) is 11.8 Å². The van der Waals surface area contributed by atoms with E-state index in [1.807, 2.05) is 46.1 Å². The van der Waals surface area contributed by atoms with E-state index in [1.54, 1.807) is 6.20 Å². The Hall–Kier alpha value is -2.67. The fourth-order valence-corrected chi connectivity index (χ4v) is 3.08. The molecule has 0 radical (unpaired) electrons. The molecule has 1 fully saturated rings. The zero-order valence-corrected chi connectivity index (χ0v) is 15.8. The third-order valence-electron chi connectivity index (χ3n) is 4.83. The van der Waals surface area contributed by atoms with Gasteiger partial charge in [0.05, 0.1) is 0 Å². The van der Waals surface area contributed by atoms with Gasteiger partial charge in [0.2, 0.25) is 5.91 Å². The molecule has 7 nitrogen and oxygen atoms in total. The Balaban J connectivity index is 1.40. The van der Waals surface area contributed by atoms with Crippen molar-refractivity contribution in [1.29, 1.82) is 0 Å². The Morgan fingerprint density at radius 3 is 2.52 bits per heavy atom. The maximum Gasteiger partial charge on any atom is 0.253 e. The highest BCUT2D eigenvalue weighted by molar-refractivity contribution is 5.94. The number of benzene rings is 1. The number of aromatic nitrogens is 2. The van der Waals surface area contributed by atoms with Crippen LogP contribution in [0.3, 0.4) is 0 Å². The molecule has 1 aromatic heterocycles. The van der Waals surface area contributed by atoms with Crippen LogP contribution in [0.25, 0.3) is 0 Å². The van der Waals surface area contributed by atoms with E-state index in [2.05, 4.69) is 22.4 Å². The van der Waals surface area contributed by atoms with Crippen molar-refractivity contribution in [1.82, 2.24) is 24.9 Å². The first kappa shape index (κ1) is 19.1. The van der Waals surface area contributed by atoms with Gasteiger partial charge in [0, 0.05) is 63.6 Å². The Kier molecular flexibility index (Phi) is 6.59. The first-order valence-electron chi connectivity index (χ1n) is 9.43. The quantitative estimate of drug-likeness (QED) is 0.800. The van der Waals surface area contributed by atoms with E-state index in [0.29, 0.717) is 18.5 Å². The second-order valence-corrected chi connectivity index (χ2v) is 6.94. The summed E-state index contributed by atoms with van der Waals surface area (Å²) in [5.41, 5.74) is 1.69. The van der Waals surface area contributed by atoms with Crippen molar-refractivity contribution in [3.8, 4) is 0 Å². The first-order valence-corrected chi connectivity index (χ1v) is 9.43. The zero-order chi connectivity index (χ0) is 19.1. The van der Waals surface area contributed by atoms with Crippen molar-refractivity contribution >= 4 is 11.8 Å². The van der Waals surface area contributed by atoms with Gasteiger partial charge in [-0.25, -0.2) is 0 Å². The molecule has 0 spiro atoms. The summed E-state index contributed by atoms with van der Waals surface area (Å²) >= 11 is 0. The van der Waals surface area contributed by atoms with Gasteiger partial charge in [-0.2, -0.15) is 5.10 Å². The summed E-state index contributed by atoms with van der Waals surface area (Å²) in [7, 11) is 2.07. The summed E-state index contributed by atoms with van der Waals surface area (Å²) in [5.74, 6) is 0.108. The third-order valence-corrected chi connectivity index (χ3v) is 4.83. The Morgan fingerprint density at radius 2 is 1.85 bits per heavy atom. The number of piperazine rings is 1. The zero-order valence-electron chi connectivity index (χ0n) is 15.8. The number of amides is 2. The number of hydrogen-bond acceptors (Lipinski definition) is 4. The lowest BCUT2D eigenvalue weighted by Gasteiger charge is -2.32. The van der Waals surface area contributed by atoms with Gasteiger partial charge in [-0.05, 0) is 37.2 Å². The number of nitrogens with one attached hydrogen (secondary N) is 1. The number of nitrogens with zero attached hydrogens (tertiary/aromatic N) is 4. The SMILES string of the molecule is CN1CCN(C(=O)c2ccc(CNC(=O)CCCn3cccn3)cc2)CC1. The van der Waals surface area contributed by atoms with Crippen LogP contribution in [-0.2, 0) is 17.9 Å². The molecule has 0 unspecified atom stereocenters. The molecule has 2 heterocycles. The maximum absolute atomic E-state index is 12.5. The lowest BCUT2D eigenvalue weighted by Crippen LogP contribution is -2.47. The molecule has 144 valence electrons. The van der Waals surface area contributed by atoms with Gasteiger partial charge < -0.3 is 15.1 Å². The Labute approximate surface area is 159 Å². The van der Waals surface area contributed by atoms with Crippen LogP contribution in [0.1, 0.15) is 28.8 Å². The van der Waals surface area contributed by atoms with Crippen LogP contribution in [0, 0.1) is 0 Å². The van der Waals surface area contributed by atoms with E-state index in [0.717, 1.165) is 44.7 Å². The third kappa shape index (κ3) is 5.65. The molecule has 27 heavy (non-hydrogen) atoms. The van der Waals surface area contributed by atoms with Gasteiger partial charge in [0.1, 0.15) is 0 Å². The van der Waals surface area contributed by atoms with Crippen molar-refractivity contribution in [2.45, 2.75) is 25.9 Å². The summed E-state index contributed by atoms with van der Waals surface area (Å²) in [5, 5.41) is 7.04. The fraction of sp³-hybridized carbons (Fsp3) is 0.450. The Morgan fingerprint density at radius 1 is 1.11 bits per heavy atom. The molecule has 2 amide bonds. The van der Waals surface area contributed by atoms with E-state index in [9.17, 15) is 9.59 Å². The largest absolute Gasteiger partial charge is 0.352 e. The van der Waals surface area contributed by atoms with Crippen LogP contribution in [0.5, 0.6) is 0 Å². The Bertz CT molecular complexity index is 734. The molecule has 1 aliphatic rings. The molecule has 1 aromatic carbocycles. The number of carbonyl (C=O) groups excluding carboxylic acids is 2. The van der Waals surface area contributed by atoms with Crippen molar-refractivity contribution in [3.63, 3.8) is 0 Å². The van der Waals surface area contributed by atoms with Crippen LogP contribution in [0.4, 0.5) is 0 Å². The minimum atomic E-state index is 0.0275. The van der Waals surface area contributed by atoms with Crippen LogP contribution < -0.4 is 5.32 Å². The minimum Gasteiger partial charge on any atom is -0.352 e. The van der Waals surface area contributed by atoms with Gasteiger partial charge in [-0.1, -0.05) is 12.1 Å². The summed E-state index contributed by atoms with van der Waals surface area (Å²) < 4.78 is 1.82. The van der Waals surface area contributed by atoms with Gasteiger partial charge in [0.25, 0.3) is 5.91 Å². The maximum atomic E-state index is 12.5. The molecule has 1 aliphatic heterocycles. The first-order chi connectivity index (χ1) is 13.1. The van der Waals surface area contributed by atoms with E-state index in [1.165, 1.54) is 0 Å². The summed E-state index contributed by atoms with van der Waals surface area (Å²) in [6, 6.07) is 9.39. The van der Waals surface area contributed by atoms with E-state index in [4.69, 9.17) is 0 Å². The second kappa shape index (κ2) is 9.32. The smallest absolute Gasteiger partial charge is 0.253 e. The molecule has 3 rings (SSSR count). The van der Waals surface area contributed by atoms with Crippen molar-refractivity contribution < 1.29 is 9.59 Å². The highest BCUT2D eigenvalue weighted by Gasteiger charge is 2.20. The number of hydrogen-bond donors (Lipinski definition) is 1. The average molecular weight is 369 g/mol. The van der Waals surface area contributed by atoms with Gasteiger partial charge in [-0.3, -0.25) is 14.3 Å². The monoisotopic (exact) mass is 369 g/mol. The number of carbonyl (C=O) groups is 2. The minimum absolute atomic E-state index is 0.0275. The van der Waals surface area contributed by atoms with Crippen molar-refractivity contribution in [3.05, 3.63) is 53.9 Å². The number of aryl methyl sites for hydroxylation is 1. The predicted octanol–water partition coefficient (Wildman–Crippen LogP) is 1.37. The molecule has 2 aromatic rings. The van der Waals surface area contributed by atoms with Crippen LogP contribution >= 0.6 is 0 Å². The molecule has 1 N–H and O–H groups in total. The fourth-order valence-electron chi connectivity index (χ4n) is 3.08. The summed E-state index contributed by atoms with van der Waals surface area (Å²) in [6.07, 6.45) is 4.85.